The van der Waals surface area contributed by atoms with E-state index in [-0.39, 0.29) is 17.9 Å². The fourth-order valence-electron chi connectivity index (χ4n) is 3.46. The largest absolute Gasteiger partial charge is 0.486 e. The van der Waals surface area contributed by atoms with Crippen LogP contribution in [0.1, 0.15) is 38.3 Å². The molecule has 3 rings (SSSR count). The van der Waals surface area contributed by atoms with Gasteiger partial charge in [-0.25, -0.2) is 0 Å². The molecular formula is C24H29BrN2O4. The van der Waals surface area contributed by atoms with Crippen LogP contribution in [-0.4, -0.2) is 42.0 Å². The van der Waals surface area contributed by atoms with Crippen molar-refractivity contribution in [1.29, 1.82) is 0 Å². The van der Waals surface area contributed by atoms with E-state index in [9.17, 15) is 9.59 Å². The Morgan fingerprint density at radius 1 is 1.03 bits per heavy atom. The number of carbonyl (C=O) groups excluding carboxylic acids is 2. The van der Waals surface area contributed by atoms with E-state index in [0.717, 1.165) is 21.3 Å². The minimum absolute atomic E-state index is 0.00971. The summed E-state index contributed by atoms with van der Waals surface area (Å²) in [5.41, 5.74) is 1.96. The number of benzene rings is 2. The number of nitrogens with one attached hydrogen (secondary N) is 1. The fraction of sp³-hybridized carbons (Fsp3) is 0.417. The number of nitrogens with zero attached hydrogens (tertiary/aromatic N) is 1. The first-order chi connectivity index (χ1) is 14.8. The molecule has 0 radical (unpaired) electrons. The first-order valence-corrected chi connectivity index (χ1v) is 11.4. The van der Waals surface area contributed by atoms with Gasteiger partial charge in [-0.2, -0.15) is 0 Å². The summed E-state index contributed by atoms with van der Waals surface area (Å²) in [6.45, 7) is 7.04. The molecule has 1 heterocycles. The first-order valence-electron chi connectivity index (χ1n) is 10.6. The van der Waals surface area contributed by atoms with Gasteiger partial charge in [0.25, 0.3) is 0 Å². The minimum Gasteiger partial charge on any atom is -0.486 e. The molecule has 1 atom stereocenters. The third kappa shape index (κ3) is 6.47. The van der Waals surface area contributed by atoms with Crippen LogP contribution >= 0.6 is 15.9 Å². The monoisotopic (exact) mass is 488 g/mol. The number of hydrogen-bond acceptors (Lipinski definition) is 4. The van der Waals surface area contributed by atoms with Gasteiger partial charge in [-0.1, -0.05) is 34.1 Å². The Kier molecular flexibility index (Phi) is 7.96. The summed E-state index contributed by atoms with van der Waals surface area (Å²) in [5.74, 6) is 1.22. The summed E-state index contributed by atoms with van der Waals surface area (Å²) in [7, 11) is 0. The van der Waals surface area contributed by atoms with Crippen LogP contribution in [0.4, 0.5) is 0 Å². The Morgan fingerprint density at radius 3 is 2.48 bits per heavy atom. The molecule has 7 heteroatoms. The Labute approximate surface area is 192 Å². The zero-order valence-corrected chi connectivity index (χ0v) is 19.8. The van der Waals surface area contributed by atoms with Crippen molar-refractivity contribution in [3.05, 3.63) is 58.1 Å². The van der Waals surface area contributed by atoms with Gasteiger partial charge in [0.1, 0.15) is 19.3 Å². The summed E-state index contributed by atoms with van der Waals surface area (Å²) >= 11 is 3.47. The maximum absolute atomic E-state index is 13.2. The first kappa shape index (κ1) is 23.1. The average Bonchev–Trinajstić information content (AvgIpc) is 2.74. The lowest BCUT2D eigenvalue weighted by Gasteiger charge is -2.29. The van der Waals surface area contributed by atoms with E-state index < -0.39 is 6.04 Å². The molecule has 0 saturated carbocycles. The number of fused-ring (bicyclic) bond motifs is 1. The van der Waals surface area contributed by atoms with Crippen molar-refractivity contribution in [2.45, 2.75) is 52.2 Å². The summed E-state index contributed by atoms with van der Waals surface area (Å²) in [5, 5.41) is 2.91. The zero-order valence-electron chi connectivity index (χ0n) is 18.2. The van der Waals surface area contributed by atoms with E-state index in [1.165, 1.54) is 0 Å². The van der Waals surface area contributed by atoms with Crippen molar-refractivity contribution < 1.29 is 19.1 Å². The number of hydrogen-bond donors (Lipinski definition) is 1. The van der Waals surface area contributed by atoms with Gasteiger partial charge >= 0.3 is 0 Å². The molecule has 6 nitrogen and oxygen atoms in total. The summed E-state index contributed by atoms with van der Waals surface area (Å²) < 4.78 is 12.1. The van der Waals surface area contributed by atoms with Gasteiger partial charge in [0.2, 0.25) is 11.8 Å². The molecule has 1 aliphatic heterocycles. The Balaban J connectivity index is 1.72. The summed E-state index contributed by atoms with van der Waals surface area (Å²) in [6.07, 6.45) is 0.857. The molecule has 166 valence electrons. The lowest BCUT2D eigenvalue weighted by Crippen LogP contribution is -2.49. The number of ether oxygens (including phenoxy) is 2. The molecule has 2 aromatic carbocycles. The number of halogens is 1. The van der Waals surface area contributed by atoms with Gasteiger partial charge in [-0.05, 0) is 62.6 Å². The normalized spacial score (nSPS) is 13.6. The van der Waals surface area contributed by atoms with E-state index in [4.69, 9.17) is 9.47 Å². The number of carbonyl (C=O) groups is 2. The van der Waals surface area contributed by atoms with E-state index in [1.54, 1.807) is 11.8 Å². The van der Waals surface area contributed by atoms with Gasteiger partial charge < -0.3 is 19.7 Å². The van der Waals surface area contributed by atoms with Gasteiger partial charge in [-0.15, -0.1) is 0 Å². The van der Waals surface area contributed by atoms with Crippen molar-refractivity contribution in [1.82, 2.24) is 10.2 Å². The van der Waals surface area contributed by atoms with Crippen LogP contribution in [0.15, 0.2) is 46.9 Å². The molecule has 2 amide bonds. The third-order valence-corrected chi connectivity index (χ3v) is 5.57. The van der Waals surface area contributed by atoms with Crippen LogP contribution in [0.5, 0.6) is 11.5 Å². The zero-order chi connectivity index (χ0) is 22.4. The highest BCUT2D eigenvalue weighted by Gasteiger charge is 2.26. The van der Waals surface area contributed by atoms with Crippen LogP contribution in [0.3, 0.4) is 0 Å². The molecule has 1 aliphatic rings. The predicted molar refractivity (Wildman–Crippen MR) is 123 cm³/mol. The Bertz CT molecular complexity index is 932. The molecule has 0 aliphatic carbocycles. The van der Waals surface area contributed by atoms with Crippen molar-refractivity contribution in [2.24, 2.45) is 0 Å². The standard InChI is InChI=1S/C24H29BrN2O4/c1-16(2)26-24(29)17(3)27(15-19-5-4-6-20(25)13-19)23(28)10-8-18-7-9-21-22(14-18)31-12-11-30-21/h4-7,9,13-14,16-17H,8,10-12,15H2,1-3H3,(H,26,29). The van der Waals surface area contributed by atoms with Crippen LogP contribution < -0.4 is 14.8 Å². The van der Waals surface area contributed by atoms with Crippen LogP contribution in [0, 0.1) is 0 Å². The predicted octanol–water partition coefficient (Wildman–Crippen LogP) is 4.09. The SMILES string of the molecule is CC(C)NC(=O)C(C)N(Cc1cccc(Br)c1)C(=O)CCc1ccc2c(c1)OCCO2. The number of amides is 2. The molecule has 1 unspecified atom stereocenters. The summed E-state index contributed by atoms with van der Waals surface area (Å²) in [4.78, 5) is 27.5. The second kappa shape index (κ2) is 10.7. The van der Waals surface area contributed by atoms with Crippen LogP contribution in [0.25, 0.3) is 0 Å². The van der Waals surface area contributed by atoms with Gasteiger partial charge in [-0.3, -0.25) is 9.59 Å². The Hall–Kier alpha value is -2.54. The highest BCUT2D eigenvalue weighted by atomic mass is 79.9. The van der Waals surface area contributed by atoms with E-state index in [0.29, 0.717) is 38.3 Å². The molecule has 0 fully saturated rings. The lowest BCUT2D eigenvalue weighted by molar-refractivity contribution is -0.140. The number of aryl methyl sites for hydroxylation is 1. The maximum atomic E-state index is 13.2. The average molecular weight is 489 g/mol. The maximum Gasteiger partial charge on any atom is 0.242 e. The second-order valence-corrected chi connectivity index (χ2v) is 8.88. The van der Waals surface area contributed by atoms with Gasteiger partial charge in [0.15, 0.2) is 11.5 Å². The van der Waals surface area contributed by atoms with Crippen molar-refractivity contribution in [2.75, 3.05) is 13.2 Å². The van der Waals surface area contributed by atoms with Gasteiger partial charge in [0.05, 0.1) is 0 Å². The van der Waals surface area contributed by atoms with Gasteiger partial charge in [0, 0.05) is 23.5 Å². The van der Waals surface area contributed by atoms with E-state index in [2.05, 4.69) is 21.2 Å². The summed E-state index contributed by atoms with van der Waals surface area (Å²) in [6, 6.07) is 13.0. The van der Waals surface area contributed by atoms with E-state index >= 15 is 0 Å². The highest BCUT2D eigenvalue weighted by Crippen LogP contribution is 2.31. The number of rotatable bonds is 8. The van der Waals surface area contributed by atoms with Crippen LogP contribution in [-0.2, 0) is 22.6 Å². The lowest BCUT2D eigenvalue weighted by atomic mass is 10.1. The highest BCUT2D eigenvalue weighted by molar-refractivity contribution is 9.10. The molecule has 31 heavy (non-hydrogen) atoms. The Morgan fingerprint density at radius 2 is 1.77 bits per heavy atom. The van der Waals surface area contributed by atoms with Crippen molar-refractivity contribution in [3.8, 4) is 11.5 Å². The van der Waals surface area contributed by atoms with E-state index in [1.807, 2.05) is 56.3 Å². The minimum atomic E-state index is -0.575. The molecule has 2 aromatic rings. The van der Waals surface area contributed by atoms with Crippen molar-refractivity contribution in [3.63, 3.8) is 0 Å². The molecule has 0 bridgehead atoms. The molecular weight excluding hydrogens is 460 g/mol. The molecule has 0 spiro atoms. The van der Waals surface area contributed by atoms with Crippen LogP contribution in [0.2, 0.25) is 0 Å². The second-order valence-electron chi connectivity index (χ2n) is 7.97. The van der Waals surface area contributed by atoms with Crippen molar-refractivity contribution >= 4 is 27.7 Å². The fourth-order valence-corrected chi connectivity index (χ4v) is 3.90. The smallest absolute Gasteiger partial charge is 0.242 e. The topological polar surface area (TPSA) is 67.9 Å². The quantitative estimate of drug-likeness (QED) is 0.607. The third-order valence-electron chi connectivity index (χ3n) is 5.07. The molecule has 0 aromatic heterocycles. The molecule has 0 saturated heterocycles. The molecule has 1 N–H and O–H groups in total.